The van der Waals surface area contributed by atoms with E-state index in [-0.39, 0.29) is 11.8 Å². The highest BCUT2D eigenvalue weighted by Gasteiger charge is 2.47. The Kier molecular flexibility index (Phi) is 8.74. The molecule has 0 bridgehead atoms. The normalized spacial score (nSPS) is 18.7. The van der Waals surface area contributed by atoms with Gasteiger partial charge in [0, 0.05) is 19.1 Å². The highest BCUT2D eigenvalue weighted by atomic mass is 28.4. The molecule has 0 radical (unpaired) electrons. The van der Waals surface area contributed by atoms with Gasteiger partial charge in [-0.05, 0) is 71.8 Å². The average molecular weight is 500 g/mol. The van der Waals surface area contributed by atoms with Crippen LogP contribution in [-0.2, 0) is 5.60 Å². The summed E-state index contributed by atoms with van der Waals surface area (Å²) in [7, 11) is -2.01. The second-order valence-electron chi connectivity index (χ2n) is 11.3. The lowest BCUT2D eigenvalue weighted by Gasteiger charge is -2.42. The van der Waals surface area contributed by atoms with Crippen LogP contribution in [0.2, 0.25) is 16.6 Å². The maximum Gasteiger partial charge on any atom is 0.258 e. The van der Waals surface area contributed by atoms with Crippen molar-refractivity contribution in [3.8, 4) is 11.5 Å². The highest BCUT2D eigenvalue weighted by Crippen LogP contribution is 2.43. The van der Waals surface area contributed by atoms with Crippen molar-refractivity contribution in [2.24, 2.45) is 0 Å². The quantitative estimate of drug-likeness (QED) is 0.351. The lowest BCUT2D eigenvalue weighted by Crippen LogP contribution is -2.50. The maximum atomic E-state index is 11.1. The molecule has 3 rings (SSSR count). The van der Waals surface area contributed by atoms with Crippen molar-refractivity contribution in [3.05, 3.63) is 59.7 Å². The summed E-state index contributed by atoms with van der Waals surface area (Å²) in [5.74, 6) is 1.10. The molecule has 1 heterocycles. The summed E-state index contributed by atoms with van der Waals surface area (Å²) >= 11 is 0. The maximum absolute atomic E-state index is 11.1. The van der Waals surface area contributed by atoms with Crippen molar-refractivity contribution in [3.63, 3.8) is 0 Å². The smallest absolute Gasteiger partial charge is 0.258 e. The Labute approximate surface area is 212 Å². The van der Waals surface area contributed by atoms with Gasteiger partial charge in [0.15, 0.2) is 0 Å². The molecule has 1 fully saturated rings. The SMILES string of the molecule is CC(C)[Si](Oc1ccc([C@H](O)[C@H](C)N2CCC(O)(c3ccc(O)cc3)CC2)cc1)(C(C)C)C(C)C. The third-order valence-electron chi connectivity index (χ3n) is 8.29. The van der Waals surface area contributed by atoms with Crippen LogP contribution in [0, 0.1) is 0 Å². The van der Waals surface area contributed by atoms with Crippen LogP contribution in [0.5, 0.6) is 11.5 Å². The van der Waals surface area contributed by atoms with Gasteiger partial charge >= 0.3 is 0 Å². The molecule has 3 N–H and O–H groups in total. The standard InChI is InChI=1S/C29H45NO4Si/c1-20(2)35(21(3)4,22(5)6)34-27-14-8-24(9-15-27)28(32)23(7)30-18-16-29(33,17-19-30)25-10-12-26(31)13-11-25/h8-15,20-23,28,31-33H,16-19H2,1-7H3/t23-,28+/m0/s1. The number of aromatic hydroxyl groups is 1. The van der Waals surface area contributed by atoms with Crippen LogP contribution in [0.15, 0.2) is 48.5 Å². The number of hydrogen-bond donors (Lipinski definition) is 3. The zero-order valence-corrected chi connectivity index (χ0v) is 23.5. The number of nitrogens with zero attached hydrogens (tertiary/aromatic N) is 1. The molecule has 1 aliphatic rings. The molecule has 5 nitrogen and oxygen atoms in total. The van der Waals surface area contributed by atoms with Gasteiger partial charge in [0.25, 0.3) is 8.32 Å². The second-order valence-corrected chi connectivity index (χ2v) is 16.7. The first-order valence-electron chi connectivity index (χ1n) is 13.1. The Morgan fingerprint density at radius 1 is 0.800 bits per heavy atom. The molecule has 1 aliphatic heterocycles. The summed E-state index contributed by atoms with van der Waals surface area (Å²) in [6.45, 7) is 17.2. The van der Waals surface area contributed by atoms with Crippen molar-refractivity contribution in [2.75, 3.05) is 13.1 Å². The van der Waals surface area contributed by atoms with E-state index in [2.05, 4.69) is 46.4 Å². The van der Waals surface area contributed by atoms with Crippen molar-refractivity contribution < 1.29 is 19.7 Å². The van der Waals surface area contributed by atoms with Crippen molar-refractivity contribution in [1.82, 2.24) is 4.90 Å². The predicted molar refractivity (Wildman–Crippen MR) is 145 cm³/mol. The van der Waals surface area contributed by atoms with Gasteiger partial charge in [-0.2, -0.15) is 0 Å². The minimum absolute atomic E-state index is 0.0680. The van der Waals surface area contributed by atoms with Gasteiger partial charge in [-0.25, -0.2) is 0 Å². The zero-order valence-electron chi connectivity index (χ0n) is 22.5. The Hall–Kier alpha value is -1.86. The van der Waals surface area contributed by atoms with Crippen LogP contribution in [0.1, 0.15) is 78.5 Å². The molecule has 2 aromatic carbocycles. The number of aliphatic hydroxyl groups is 2. The van der Waals surface area contributed by atoms with Gasteiger partial charge in [0.2, 0.25) is 0 Å². The first-order valence-corrected chi connectivity index (χ1v) is 15.3. The fourth-order valence-electron chi connectivity index (χ4n) is 6.13. The van der Waals surface area contributed by atoms with E-state index in [1.807, 2.05) is 31.2 Å². The first kappa shape index (κ1) is 27.7. The Balaban J connectivity index is 1.66. The number of phenols is 1. The van der Waals surface area contributed by atoms with Crippen LogP contribution in [0.25, 0.3) is 0 Å². The number of rotatable bonds is 9. The monoisotopic (exact) mass is 499 g/mol. The summed E-state index contributed by atoms with van der Waals surface area (Å²) in [6.07, 6.45) is 0.563. The van der Waals surface area contributed by atoms with Crippen LogP contribution < -0.4 is 4.43 Å². The van der Waals surface area contributed by atoms with Crippen LogP contribution in [0.3, 0.4) is 0 Å². The van der Waals surface area contributed by atoms with Crippen LogP contribution >= 0.6 is 0 Å². The Morgan fingerprint density at radius 3 is 1.74 bits per heavy atom. The third-order valence-corrected chi connectivity index (χ3v) is 14.3. The number of aliphatic hydroxyl groups excluding tert-OH is 1. The number of phenolic OH excluding ortho intramolecular Hbond substituents is 1. The van der Waals surface area contributed by atoms with E-state index in [0.29, 0.717) is 42.6 Å². The molecule has 0 aliphatic carbocycles. The van der Waals surface area contributed by atoms with Crippen LogP contribution in [0.4, 0.5) is 0 Å². The first-order chi connectivity index (χ1) is 16.4. The number of piperidine rings is 1. The molecular weight excluding hydrogens is 454 g/mol. The van der Waals surface area contributed by atoms with E-state index in [9.17, 15) is 15.3 Å². The summed E-state index contributed by atoms with van der Waals surface area (Å²) < 4.78 is 6.77. The summed E-state index contributed by atoms with van der Waals surface area (Å²) in [4.78, 5) is 2.25. The molecule has 2 aromatic rings. The van der Waals surface area contributed by atoms with Crippen molar-refractivity contribution in [2.45, 2.75) is 95.7 Å². The number of benzene rings is 2. The molecule has 2 atom stereocenters. The molecule has 0 aromatic heterocycles. The molecule has 0 saturated carbocycles. The second kappa shape index (κ2) is 11.0. The number of hydrogen-bond acceptors (Lipinski definition) is 5. The van der Waals surface area contributed by atoms with Gasteiger partial charge in [0.1, 0.15) is 11.5 Å². The van der Waals surface area contributed by atoms with Crippen molar-refractivity contribution in [1.29, 1.82) is 0 Å². The third kappa shape index (κ3) is 5.77. The van der Waals surface area contributed by atoms with E-state index in [1.165, 1.54) is 0 Å². The van der Waals surface area contributed by atoms with Gasteiger partial charge in [-0.3, -0.25) is 4.90 Å². The van der Waals surface area contributed by atoms with Gasteiger partial charge in [-0.1, -0.05) is 65.8 Å². The van der Waals surface area contributed by atoms with Gasteiger partial charge in [-0.15, -0.1) is 0 Å². The van der Waals surface area contributed by atoms with E-state index in [4.69, 9.17) is 4.43 Å². The zero-order chi connectivity index (χ0) is 26.0. The van der Waals surface area contributed by atoms with E-state index in [1.54, 1.807) is 24.3 Å². The molecular formula is C29H45NO4Si. The number of likely N-dealkylation sites (tertiary alicyclic amines) is 1. The minimum Gasteiger partial charge on any atom is -0.543 e. The topological polar surface area (TPSA) is 73.2 Å². The molecule has 35 heavy (non-hydrogen) atoms. The lowest BCUT2D eigenvalue weighted by atomic mass is 9.83. The van der Waals surface area contributed by atoms with E-state index < -0.39 is 20.0 Å². The Morgan fingerprint density at radius 2 is 1.29 bits per heavy atom. The largest absolute Gasteiger partial charge is 0.543 e. The van der Waals surface area contributed by atoms with E-state index >= 15 is 0 Å². The molecule has 194 valence electrons. The van der Waals surface area contributed by atoms with Gasteiger partial charge < -0.3 is 19.7 Å². The Bertz CT molecular complexity index is 912. The lowest BCUT2D eigenvalue weighted by molar-refractivity contribution is -0.0501. The summed E-state index contributed by atoms with van der Waals surface area (Å²) in [6, 6.07) is 14.8. The predicted octanol–water partition coefficient (Wildman–Crippen LogP) is 6.35. The van der Waals surface area contributed by atoms with Gasteiger partial charge in [0.05, 0.1) is 11.7 Å². The minimum atomic E-state index is -2.01. The molecule has 6 heteroatoms. The molecule has 0 unspecified atom stereocenters. The fourth-order valence-corrected chi connectivity index (χ4v) is 11.4. The highest BCUT2D eigenvalue weighted by molar-refractivity contribution is 6.78. The average Bonchev–Trinajstić information content (AvgIpc) is 2.82. The fraction of sp³-hybridized carbons (Fsp3) is 0.586. The van der Waals surface area contributed by atoms with E-state index in [0.717, 1.165) is 16.9 Å². The van der Waals surface area contributed by atoms with Crippen molar-refractivity contribution >= 4 is 8.32 Å². The summed E-state index contributed by atoms with van der Waals surface area (Å²) in [5.41, 5.74) is 2.34. The molecule has 0 spiro atoms. The molecule has 0 amide bonds. The summed E-state index contributed by atoms with van der Waals surface area (Å²) in [5, 5.41) is 31.8. The van der Waals surface area contributed by atoms with Crippen LogP contribution in [-0.4, -0.2) is 47.7 Å². The molecule has 1 saturated heterocycles.